The van der Waals surface area contributed by atoms with Crippen LogP contribution in [0.4, 0.5) is 0 Å². The molecule has 0 heterocycles. The minimum absolute atomic E-state index is 0.00438. The second kappa shape index (κ2) is 8.98. The number of hydrogen-bond donors (Lipinski definition) is 4. The van der Waals surface area contributed by atoms with Crippen LogP contribution in [0.2, 0.25) is 0 Å². The summed E-state index contributed by atoms with van der Waals surface area (Å²) in [5.74, 6) is -1.50. The van der Waals surface area contributed by atoms with E-state index < -0.39 is 5.91 Å². The molecule has 0 aromatic heterocycles. The maximum Gasteiger partial charge on any atom is 0.249 e. The molecule has 0 saturated carbocycles. The first-order chi connectivity index (χ1) is 7.18. The maximum atomic E-state index is 8.56. The van der Waals surface area contributed by atoms with Gasteiger partial charge in [-0.25, -0.2) is 0 Å². The van der Waals surface area contributed by atoms with Crippen LogP contribution in [0.25, 0.3) is 0 Å². The quantitative estimate of drug-likeness (QED) is 0.242. The van der Waals surface area contributed by atoms with Crippen molar-refractivity contribution < 1.29 is 29.5 Å². The van der Waals surface area contributed by atoms with Crippen molar-refractivity contribution in [3.63, 3.8) is 0 Å². The fourth-order valence-corrected chi connectivity index (χ4v) is 0.841. The van der Waals surface area contributed by atoms with Gasteiger partial charge in [0.15, 0.2) is 0 Å². The third-order valence-electron chi connectivity index (χ3n) is 1.41. The Morgan fingerprint density at radius 2 is 1.33 bits per heavy atom. The second-order valence-corrected chi connectivity index (χ2v) is 2.73. The molecule has 0 rings (SSSR count). The fourth-order valence-electron chi connectivity index (χ4n) is 0.841. The first-order valence-corrected chi connectivity index (χ1v) is 4.65. The standard InChI is InChI=1S/C8H19NO6/c9-8(14-5-2-11,15-6-3-12)7-13-4-1-10/h10-12H,1-7,9H2. The lowest BCUT2D eigenvalue weighted by Crippen LogP contribution is -2.51. The molecule has 0 fully saturated rings. The molecule has 0 spiro atoms. The highest BCUT2D eigenvalue weighted by atomic mass is 16.7. The van der Waals surface area contributed by atoms with Crippen LogP contribution in [0.5, 0.6) is 0 Å². The van der Waals surface area contributed by atoms with Crippen molar-refractivity contribution in [2.24, 2.45) is 5.73 Å². The van der Waals surface area contributed by atoms with Gasteiger partial charge in [0.05, 0.1) is 39.6 Å². The van der Waals surface area contributed by atoms with E-state index >= 15 is 0 Å². The number of nitrogens with two attached hydrogens (primary N) is 1. The number of aliphatic hydroxyl groups is 3. The second-order valence-electron chi connectivity index (χ2n) is 2.73. The van der Waals surface area contributed by atoms with Crippen LogP contribution in [0.3, 0.4) is 0 Å². The minimum atomic E-state index is -1.50. The van der Waals surface area contributed by atoms with Crippen LogP contribution in [0.15, 0.2) is 0 Å². The van der Waals surface area contributed by atoms with Crippen LogP contribution < -0.4 is 5.73 Å². The molecule has 15 heavy (non-hydrogen) atoms. The number of aliphatic hydroxyl groups excluding tert-OH is 3. The molecule has 92 valence electrons. The van der Waals surface area contributed by atoms with Crippen LogP contribution >= 0.6 is 0 Å². The average molecular weight is 225 g/mol. The molecule has 0 atom stereocenters. The minimum Gasteiger partial charge on any atom is -0.394 e. The van der Waals surface area contributed by atoms with Gasteiger partial charge in [-0.05, 0) is 0 Å². The van der Waals surface area contributed by atoms with Gasteiger partial charge in [-0.2, -0.15) is 0 Å². The summed E-state index contributed by atoms with van der Waals surface area (Å²) in [6.45, 7) is -0.481. The summed E-state index contributed by atoms with van der Waals surface area (Å²) < 4.78 is 15.0. The largest absolute Gasteiger partial charge is 0.394 e. The fraction of sp³-hybridized carbons (Fsp3) is 1.00. The lowest BCUT2D eigenvalue weighted by atomic mass is 10.5. The molecule has 0 saturated heterocycles. The van der Waals surface area contributed by atoms with Gasteiger partial charge in [0.2, 0.25) is 5.91 Å². The summed E-state index contributed by atoms with van der Waals surface area (Å²) in [4.78, 5) is 0. The van der Waals surface area contributed by atoms with Gasteiger partial charge in [0.1, 0.15) is 6.61 Å². The molecule has 0 amide bonds. The van der Waals surface area contributed by atoms with E-state index in [9.17, 15) is 0 Å². The van der Waals surface area contributed by atoms with Gasteiger partial charge in [-0.3, -0.25) is 5.73 Å². The molecule has 0 unspecified atom stereocenters. The first-order valence-electron chi connectivity index (χ1n) is 4.65. The molecule has 0 aliphatic rings. The third-order valence-corrected chi connectivity index (χ3v) is 1.41. The molecule has 0 aromatic carbocycles. The Labute approximate surface area is 88.4 Å². The molecule has 7 heteroatoms. The van der Waals surface area contributed by atoms with E-state index in [2.05, 4.69) is 0 Å². The summed E-state index contributed by atoms with van der Waals surface area (Å²) >= 11 is 0. The molecular formula is C8H19NO6. The van der Waals surface area contributed by atoms with Crippen molar-refractivity contribution in [2.45, 2.75) is 5.91 Å². The average Bonchev–Trinajstić information content (AvgIpc) is 2.24. The topological polar surface area (TPSA) is 114 Å². The van der Waals surface area contributed by atoms with Crippen molar-refractivity contribution in [1.82, 2.24) is 0 Å². The van der Waals surface area contributed by atoms with Crippen molar-refractivity contribution >= 4 is 0 Å². The first kappa shape index (κ1) is 14.7. The summed E-state index contributed by atoms with van der Waals surface area (Å²) in [5, 5.41) is 25.6. The predicted molar refractivity (Wildman–Crippen MR) is 50.9 cm³/mol. The van der Waals surface area contributed by atoms with Crippen LogP contribution in [-0.4, -0.2) is 67.5 Å². The smallest absolute Gasteiger partial charge is 0.249 e. The molecule has 0 aliphatic heterocycles. The monoisotopic (exact) mass is 225 g/mol. The Hall–Kier alpha value is -0.280. The number of rotatable bonds is 10. The van der Waals surface area contributed by atoms with Crippen molar-refractivity contribution in [1.29, 1.82) is 0 Å². The van der Waals surface area contributed by atoms with Crippen molar-refractivity contribution in [3.05, 3.63) is 0 Å². The number of hydrogen-bond acceptors (Lipinski definition) is 7. The Kier molecular flexibility index (Phi) is 8.82. The molecule has 0 radical (unpaired) electrons. The lowest BCUT2D eigenvalue weighted by Gasteiger charge is -2.28. The lowest BCUT2D eigenvalue weighted by molar-refractivity contribution is -0.263. The van der Waals surface area contributed by atoms with E-state index in [1.807, 2.05) is 0 Å². The van der Waals surface area contributed by atoms with Gasteiger partial charge in [-0.15, -0.1) is 0 Å². The zero-order valence-electron chi connectivity index (χ0n) is 8.59. The van der Waals surface area contributed by atoms with Gasteiger partial charge < -0.3 is 29.5 Å². The Morgan fingerprint density at radius 3 is 1.73 bits per heavy atom. The van der Waals surface area contributed by atoms with Gasteiger partial charge >= 0.3 is 0 Å². The van der Waals surface area contributed by atoms with E-state index in [1.54, 1.807) is 0 Å². The number of ether oxygens (including phenoxy) is 3. The molecular weight excluding hydrogens is 206 g/mol. The van der Waals surface area contributed by atoms with E-state index in [0.29, 0.717) is 0 Å². The normalized spacial score (nSPS) is 12.0. The Balaban J connectivity index is 3.89. The van der Waals surface area contributed by atoms with E-state index in [-0.39, 0.29) is 46.2 Å². The Morgan fingerprint density at radius 1 is 0.867 bits per heavy atom. The maximum absolute atomic E-state index is 8.56. The molecule has 0 aliphatic carbocycles. The SMILES string of the molecule is NC(COCCO)(OCCO)OCCO. The summed E-state index contributed by atoms with van der Waals surface area (Å²) in [6, 6.07) is 0. The zero-order chi connectivity index (χ0) is 11.6. The summed E-state index contributed by atoms with van der Waals surface area (Å²) in [5.41, 5.74) is 5.64. The summed E-state index contributed by atoms with van der Waals surface area (Å²) in [7, 11) is 0. The van der Waals surface area contributed by atoms with Crippen LogP contribution in [-0.2, 0) is 14.2 Å². The molecule has 0 aromatic rings. The van der Waals surface area contributed by atoms with Crippen LogP contribution in [0, 0.1) is 0 Å². The van der Waals surface area contributed by atoms with E-state index in [0.717, 1.165) is 0 Å². The van der Waals surface area contributed by atoms with Crippen LogP contribution in [0.1, 0.15) is 0 Å². The van der Waals surface area contributed by atoms with E-state index in [4.69, 9.17) is 35.3 Å². The predicted octanol–water partition coefficient (Wildman–Crippen LogP) is -2.37. The highest BCUT2D eigenvalue weighted by Gasteiger charge is 2.27. The highest BCUT2D eigenvalue weighted by Crippen LogP contribution is 2.06. The Bertz CT molecular complexity index is 137. The highest BCUT2D eigenvalue weighted by molar-refractivity contribution is 4.60. The van der Waals surface area contributed by atoms with Gasteiger partial charge in [0.25, 0.3) is 0 Å². The zero-order valence-corrected chi connectivity index (χ0v) is 8.59. The third kappa shape index (κ3) is 7.63. The van der Waals surface area contributed by atoms with Crippen molar-refractivity contribution in [3.8, 4) is 0 Å². The molecule has 5 N–H and O–H groups in total. The summed E-state index contributed by atoms with van der Waals surface area (Å²) in [6.07, 6.45) is 0. The van der Waals surface area contributed by atoms with E-state index in [1.165, 1.54) is 0 Å². The van der Waals surface area contributed by atoms with Gasteiger partial charge in [-0.1, -0.05) is 0 Å². The van der Waals surface area contributed by atoms with Gasteiger partial charge in [0, 0.05) is 0 Å². The van der Waals surface area contributed by atoms with Crippen molar-refractivity contribution in [2.75, 3.05) is 46.2 Å². The molecule has 7 nitrogen and oxygen atoms in total. The molecule has 0 bridgehead atoms.